The minimum atomic E-state index is -0.403. The standard InChI is InChI=1S/C24H28N2O6/c1-12(2)6-8-14-16(31-25)10-18-21(22(14)27)23(28)20-15(9-7-13(3)4)24(29-5)19(32-26)11-17(20)30-18/h6-7,10-11,27H,8-9,25-26H2,1-5H3. The molecule has 0 spiro atoms. The first kappa shape index (κ1) is 23.2. The van der Waals surface area contributed by atoms with Gasteiger partial charge in [0.1, 0.15) is 22.3 Å². The number of benzene rings is 2. The summed E-state index contributed by atoms with van der Waals surface area (Å²) in [5.41, 5.74) is 3.00. The Hall–Kier alpha value is -3.49. The molecule has 0 saturated heterocycles. The van der Waals surface area contributed by atoms with Crippen LogP contribution in [0.3, 0.4) is 0 Å². The normalized spacial score (nSPS) is 10.8. The van der Waals surface area contributed by atoms with E-state index in [9.17, 15) is 9.90 Å². The lowest BCUT2D eigenvalue weighted by molar-refractivity contribution is 0.305. The van der Waals surface area contributed by atoms with Crippen LogP contribution in [0.15, 0.2) is 44.6 Å². The molecule has 1 heterocycles. The molecule has 2 aromatic carbocycles. The number of hydrogen-bond acceptors (Lipinski definition) is 8. The Morgan fingerprint density at radius 3 is 2.00 bits per heavy atom. The van der Waals surface area contributed by atoms with E-state index in [1.165, 1.54) is 19.2 Å². The summed E-state index contributed by atoms with van der Waals surface area (Å²) in [6, 6.07) is 2.98. The fraction of sp³-hybridized carbons (Fsp3) is 0.292. The molecule has 0 aliphatic rings. The third kappa shape index (κ3) is 4.15. The molecule has 0 unspecified atom stereocenters. The highest BCUT2D eigenvalue weighted by atomic mass is 16.6. The van der Waals surface area contributed by atoms with Crippen LogP contribution in [0.4, 0.5) is 0 Å². The maximum atomic E-state index is 13.7. The lowest BCUT2D eigenvalue weighted by atomic mass is 9.98. The van der Waals surface area contributed by atoms with Gasteiger partial charge in [0.25, 0.3) is 0 Å². The molecule has 0 amide bonds. The zero-order chi connectivity index (χ0) is 23.6. The quantitative estimate of drug-likeness (QED) is 0.283. The third-order valence-corrected chi connectivity index (χ3v) is 5.20. The van der Waals surface area contributed by atoms with Gasteiger partial charge in [-0.25, -0.2) is 0 Å². The van der Waals surface area contributed by atoms with E-state index in [0.717, 1.165) is 11.1 Å². The van der Waals surface area contributed by atoms with Gasteiger partial charge >= 0.3 is 0 Å². The number of nitrogens with two attached hydrogens (primary N) is 2. The molecule has 32 heavy (non-hydrogen) atoms. The molecule has 8 nitrogen and oxygen atoms in total. The molecule has 0 fully saturated rings. The fourth-order valence-corrected chi connectivity index (χ4v) is 3.62. The summed E-state index contributed by atoms with van der Waals surface area (Å²) in [5.74, 6) is 11.4. The molecular weight excluding hydrogens is 412 g/mol. The van der Waals surface area contributed by atoms with Crippen molar-refractivity contribution in [2.45, 2.75) is 40.5 Å². The lowest BCUT2D eigenvalue weighted by Crippen LogP contribution is -2.11. The second kappa shape index (κ2) is 9.33. The first-order chi connectivity index (χ1) is 15.2. The number of methoxy groups -OCH3 is 1. The Labute approximate surface area is 185 Å². The second-order valence-electron chi connectivity index (χ2n) is 7.97. The summed E-state index contributed by atoms with van der Waals surface area (Å²) in [7, 11) is 1.47. The third-order valence-electron chi connectivity index (χ3n) is 5.20. The smallest absolute Gasteiger partial charge is 0.204 e. The monoisotopic (exact) mass is 440 g/mol. The largest absolute Gasteiger partial charge is 0.507 e. The van der Waals surface area contributed by atoms with Gasteiger partial charge < -0.3 is 23.9 Å². The first-order valence-electron chi connectivity index (χ1n) is 10.1. The van der Waals surface area contributed by atoms with Gasteiger partial charge in [-0.05, 0) is 40.5 Å². The van der Waals surface area contributed by atoms with Gasteiger partial charge in [-0.15, -0.1) is 0 Å². The van der Waals surface area contributed by atoms with E-state index in [0.29, 0.717) is 29.7 Å². The number of aromatic hydroxyl groups is 1. The van der Waals surface area contributed by atoms with Gasteiger partial charge in [-0.3, -0.25) is 4.79 Å². The van der Waals surface area contributed by atoms with E-state index in [2.05, 4.69) is 0 Å². The van der Waals surface area contributed by atoms with Gasteiger partial charge in [-0.2, -0.15) is 11.8 Å². The minimum Gasteiger partial charge on any atom is -0.507 e. The van der Waals surface area contributed by atoms with Gasteiger partial charge in [0, 0.05) is 23.3 Å². The van der Waals surface area contributed by atoms with Crippen molar-refractivity contribution in [3.05, 3.63) is 56.8 Å². The van der Waals surface area contributed by atoms with Crippen LogP contribution in [0.5, 0.6) is 23.0 Å². The molecule has 3 aromatic rings. The molecule has 0 saturated carbocycles. The van der Waals surface area contributed by atoms with Crippen molar-refractivity contribution in [1.29, 1.82) is 0 Å². The number of hydrogen-bond donors (Lipinski definition) is 3. The molecule has 0 atom stereocenters. The number of phenols is 1. The highest BCUT2D eigenvalue weighted by Gasteiger charge is 2.24. The number of ether oxygens (including phenoxy) is 1. The summed E-state index contributed by atoms with van der Waals surface area (Å²) in [6.45, 7) is 7.76. The molecule has 0 bridgehead atoms. The Bertz CT molecular complexity index is 1300. The Balaban J connectivity index is 2.48. The Kier molecular flexibility index (Phi) is 6.76. The zero-order valence-corrected chi connectivity index (χ0v) is 18.9. The summed E-state index contributed by atoms with van der Waals surface area (Å²) >= 11 is 0. The summed E-state index contributed by atoms with van der Waals surface area (Å²) in [4.78, 5) is 23.6. The Morgan fingerprint density at radius 1 is 0.938 bits per heavy atom. The molecule has 1 aromatic heterocycles. The average Bonchev–Trinajstić information content (AvgIpc) is 2.75. The van der Waals surface area contributed by atoms with Crippen molar-refractivity contribution in [2.24, 2.45) is 11.8 Å². The SMILES string of the molecule is COc1c(ON)cc2oc3cc(ON)c(CC=C(C)C)c(O)c3c(=O)c2c1CC=C(C)C. The molecule has 0 aliphatic heterocycles. The van der Waals surface area contributed by atoms with E-state index in [-0.39, 0.29) is 39.2 Å². The predicted molar refractivity (Wildman–Crippen MR) is 124 cm³/mol. The lowest BCUT2D eigenvalue weighted by Gasteiger charge is -2.16. The van der Waals surface area contributed by atoms with Gasteiger partial charge in [0.15, 0.2) is 17.2 Å². The van der Waals surface area contributed by atoms with Gasteiger partial charge in [-0.1, -0.05) is 23.3 Å². The molecule has 8 heteroatoms. The van der Waals surface area contributed by atoms with E-state index < -0.39 is 5.43 Å². The number of fused-ring (bicyclic) bond motifs is 2. The summed E-state index contributed by atoms with van der Waals surface area (Å²) in [6.07, 6.45) is 4.57. The number of phenolic OH excluding ortho intramolecular Hbond substituents is 1. The molecular formula is C24H28N2O6. The summed E-state index contributed by atoms with van der Waals surface area (Å²) in [5, 5.41) is 11.4. The van der Waals surface area contributed by atoms with Gasteiger partial charge in [0.2, 0.25) is 5.43 Å². The van der Waals surface area contributed by atoms with E-state index in [4.69, 9.17) is 30.6 Å². The van der Waals surface area contributed by atoms with Crippen LogP contribution in [0.1, 0.15) is 38.8 Å². The number of allylic oxidation sites excluding steroid dienone is 4. The fourth-order valence-electron chi connectivity index (χ4n) is 3.62. The molecule has 5 N–H and O–H groups in total. The maximum absolute atomic E-state index is 13.7. The van der Waals surface area contributed by atoms with Crippen molar-refractivity contribution in [1.82, 2.24) is 0 Å². The van der Waals surface area contributed by atoms with Crippen LogP contribution in [0.2, 0.25) is 0 Å². The number of rotatable bonds is 7. The topological polar surface area (TPSA) is 130 Å². The zero-order valence-electron chi connectivity index (χ0n) is 18.9. The molecule has 0 radical (unpaired) electrons. The summed E-state index contributed by atoms with van der Waals surface area (Å²) < 4.78 is 11.5. The van der Waals surface area contributed by atoms with Crippen molar-refractivity contribution >= 4 is 21.9 Å². The minimum absolute atomic E-state index is 0.0392. The van der Waals surface area contributed by atoms with Crippen molar-refractivity contribution in [2.75, 3.05) is 7.11 Å². The van der Waals surface area contributed by atoms with Crippen LogP contribution in [0.25, 0.3) is 21.9 Å². The predicted octanol–water partition coefficient (Wildman–Crippen LogP) is 4.18. The van der Waals surface area contributed by atoms with E-state index in [1.54, 1.807) is 0 Å². The Morgan fingerprint density at radius 2 is 1.47 bits per heavy atom. The maximum Gasteiger partial charge on any atom is 0.204 e. The van der Waals surface area contributed by atoms with Crippen molar-refractivity contribution < 1.29 is 23.9 Å². The van der Waals surface area contributed by atoms with Crippen LogP contribution >= 0.6 is 0 Å². The molecule has 170 valence electrons. The highest BCUT2D eigenvalue weighted by molar-refractivity contribution is 5.97. The van der Waals surface area contributed by atoms with Gasteiger partial charge in [0.05, 0.1) is 12.5 Å². The highest BCUT2D eigenvalue weighted by Crippen LogP contribution is 2.41. The van der Waals surface area contributed by atoms with Crippen LogP contribution in [-0.2, 0) is 12.8 Å². The average molecular weight is 440 g/mol. The van der Waals surface area contributed by atoms with Crippen LogP contribution < -0.4 is 31.6 Å². The van der Waals surface area contributed by atoms with Crippen molar-refractivity contribution in [3.8, 4) is 23.0 Å². The second-order valence-corrected chi connectivity index (χ2v) is 7.97. The molecule has 3 rings (SSSR count). The van der Waals surface area contributed by atoms with Crippen LogP contribution in [-0.4, -0.2) is 12.2 Å². The van der Waals surface area contributed by atoms with E-state index in [1.807, 2.05) is 39.8 Å². The van der Waals surface area contributed by atoms with Crippen LogP contribution in [0, 0.1) is 0 Å². The van der Waals surface area contributed by atoms with Crippen molar-refractivity contribution in [3.63, 3.8) is 0 Å². The first-order valence-corrected chi connectivity index (χ1v) is 10.1. The van der Waals surface area contributed by atoms with E-state index >= 15 is 0 Å². The molecule has 0 aliphatic carbocycles.